The lowest BCUT2D eigenvalue weighted by Gasteiger charge is -2.16. The first-order valence-corrected chi connectivity index (χ1v) is 10.0. The van der Waals surface area contributed by atoms with Crippen LogP contribution in [0.15, 0.2) is 54.6 Å². The second kappa shape index (κ2) is 7.67. The summed E-state index contributed by atoms with van der Waals surface area (Å²) in [6.45, 7) is 0.451. The number of halogens is 3. The predicted octanol–water partition coefficient (Wildman–Crippen LogP) is 3.90. The monoisotopic (exact) mass is 410 g/mol. The maximum Gasteiger partial charge on any atom is 0.416 e. The fourth-order valence-electron chi connectivity index (χ4n) is 2.78. The van der Waals surface area contributed by atoms with Crippen molar-refractivity contribution in [3.63, 3.8) is 0 Å². The van der Waals surface area contributed by atoms with E-state index in [2.05, 4.69) is 5.32 Å². The van der Waals surface area contributed by atoms with Gasteiger partial charge in [-0.2, -0.15) is 13.2 Å². The molecule has 0 saturated carbocycles. The van der Waals surface area contributed by atoms with Gasteiger partial charge in [0.1, 0.15) is 0 Å². The fraction of sp³-hybridized carbons (Fsp3) is 0.211. The Balaban J connectivity index is 1.61. The molecule has 1 N–H and O–H groups in total. The van der Waals surface area contributed by atoms with Crippen molar-refractivity contribution < 1.29 is 26.4 Å². The van der Waals surface area contributed by atoms with Gasteiger partial charge in [-0.05, 0) is 54.5 Å². The largest absolute Gasteiger partial charge is 0.416 e. The van der Waals surface area contributed by atoms with Gasteiger partial charge in [0.25, 0.3) is 0 Å². The summed E-state index contributed by atoms with van der Waals surface area (Å²) in [5.74, 6) is -0.357. The molecule has 0 bridgehead atoms. The Kier molecular flexibility index (Phi) is 5.46. The summed E-state index contributed by atoms with van der Waals surface area (Å²) in [5, 5.41) is 2.48. The van der Waals surface area contributed by atoms with Gasteiger partial charge in [0.2, 0.25) is 15.9 Å². The molecule has 0 atom stereocenters. The molecule has 1 heterocycles. The molecule has 0 aromatic heterocycles. The van der Waals surface area contributed by atoms with Crippen LogP contribution in [0.5, 0.6) is 0 Å². The number of amides is 1. The topological polar surface area (TPSA) is 66.5 Å². The van der Waals surface area contributed by atoms with Crippen LogP contribution in [0.2, 0.25) is 0 Å². The molecular weight excluding hydrogens is 393 g/mol. The van der Waals surface area contributed by atoms with E-state index < -0.39 is 27.7 Å². The lowest BCUT2D eigenvalue weighted by atomic mass is 10.2. The molecule has 3 rings (SSSR count). The molecular formula is C19H17F3N2O3S. The molecule has 5 nitrogen and oxygen atoms in total. The average Bonchev–Trinajstić information content (AvgIpc) is 2.99. The molecule has 2 aromatic rings. The number of carbonyl (C=O) groups is 1. The number of anilines is 2. The summed E-state index contributed by atoms with van der Waals surface area (Å²) in [6, 6.07) is 10.8. The number of sulfonamides is 1. The molecule has 1 amide bonds. The maximum absolute atomic E-state index is 12.5. The molecule has 1 aliphatic rings. The zero-order valence-electron chi connectivity index (χ0n) is 14.6. The minimum Gasteiger partial charge on any atom is -0.323 e. The van der Waals surface area contributed by atoms with Crippen molar-refractivity contribution in [1.82, 2.24) is 0 Å². The molecule has 2 aromatic carbocycles. The molecule has 0 aliphatic carbocycles. The van der Waals surface area contributed by atoms with E-state index >= 15 is 0 Å². The van der Waals surface area contributed by atoms with Gasteiger partial charge in [-0.3, -0.25) is 9.10 Å². The lowest BCUT2D eigenvalue weighted by Crippen LogP contribution is -2.24. The number of nitrogens with zero attached hydrogens (tertiary/aromatic N) is 1. The fourth-order valence-corrected chi connectivity index (χ4v) is 4.34. The Morgan fingerprint density at radius 3 is 2.21 bits per heavy atom. The van der Waals surface area contributed by atoms with Crippen LogP contribution in [0, 0.1) is 0 Å². The highest BCUT2D eigenvalue weighted by atomic mass is 32.2. The summed E-state index contributed by atoms with van der Waals surface area (Å²) < 4.78 is 62.8. The van der Waals surface area contributed by atoms with E-state index in [9.17, 15) is 26.4 Å². The van der Waals surface area contributed by atoms with E-state index in [1.165, 1.54) is 28.6 Å². The van der Waals surface area contributed by atoms with Crippen LogP contribution in [-0.4, -0.2) is 26.6 Å². The molecule has 28 heavy (non-hydrogen) atoms. The Hall–Kier alpha value is -2.81. The first-order valence-electron chi connectivity index (χ1n) is 8.42. The molecule has 148 valence electrons. The first kappa shape index (κ1) is 19.9. The van der Waals surface area contributed by atoms with Gasteiger partial charge < -0.3 is 5.32 Å². The zero-order chi connectivity index (χ0) is 20.4. The van der Waals surface area contributed by atoms with Gasteiger partial charge in [0, 0.05) is 18.3 Å². The summed E-state index contributed by atoms with van der Waals surface area (Å²) in [7, 11) is -3.24. The predicted molar refractivity (Wildman–Crippen MR) is 101 cm³/mol. The molecule has 1 fully saturated rings. The molecule has 0 unspecified atom stereocenters. The van der Waals surface area contributed by atoms with Gasteiger partial charge in [0.05, 0.1) is 17.0 Å². The summed E-state index contributed by atoms with van der Waals surface area (Å²) in [4.78, 5) is 11.9. The third-order valence-corrected chi connectivity index (χ3v) is 6.06. The quantitative estimate of drug-likeness (QED) is 0.778. The van der Waals surface area contributed by atoms with E-state index in [1.54, 1.807) is 24.3 Å². The molecule has 0 radical (unpaired) electrons. The highest BCUT2D eigenvalue weighted by molar-refractivity contribution is 7.93. The Bertz CT molecular complexity index is 983. The van der Waals surface area contributed by atoms with Crippen molar-refractivity contribution in [2.45, 2.75) is 12.6 Å². The van der Waals surface area contributed by atoms with E-state index in [0.29, 0.717) is 24.2 Å². The van der Waals surface area contributed by atoms with Gasteiger partial charge in [-0.1, -0.05) is 12.1 Å². The minimum absolute atomic E-state index is 0.138. The number of hydrogen-bond acceptors (Lipinski definition) is 3. The van der Waals surface area contributed by atoms with E-state index in [1.807, 2.05) is 0 Å². The van der Waals surface area contributed by atoms with Gasteiger partial charge in [0.15, 0.2) is 0 Å². The maximum atomic E-state index is 12.5. The third-order valence-electron chi connectivity index (χ3n) is 4.19. The van der Waals surface area contributed by atoms with E-state index in [-0.39, 0.29) is 11.4 Å². The normalized spacial score (nSPS) is 16.5. The number of nitrogens with one attached hydrogen (secondary N) is 1. The van der Waals surface area contributed by atoms with Crippen molar-refractivity contribution in [3.8, 4) is 0 Å². The number of rotatable bonds is 4. The number of benzene rings is 2. The van der Waals surface area contributed by atoms with Gasteiger partial charge >= 0.3 is 6.18 Å². The Morgan fingerprint density at radius 2 is 1.68 bits per heavy atom. The lowest BCUT2D eigenvalue weighted by molar-refractivity contribution is -0.137. The Morgan fingerprint density at radius 1 is 1.04 bits per heavy atom. The van der Waals surface area contributed by atoms with Crippen molar-refractivity contribution in [3.05, 3.63) is 65.7 Å². The Labute approximate surface area is 160 Å². The molecule has 1 aliphatic heterocycles. The standard InChI is InChI=1S/C19H17F3N2O3S/c20-19(21,22)15-5-7-16(8-6-15)23-18(25)11-4-14-2-9-17(10-3-14)24-12-1-13-28(24,26)27/h2-11H,1,12-13H2,(H,23,25)/b11-4+. The molecule has 9 heteroatoms. The highest BCUT2D eigenvalue weighted by Crippen LogP contribution is 2.29. The van der Waals surface area contributed by atoms with Crippen molar-refractivity contribution >= 4 is 33.4 Å². The van der Waals surface area contributed by atoms with E-state index in [0.717, 1.165) is 12.1 Å². The smallest absolute Gasteiger partial charge is 0.323 e. The van der Waals surface area contributed by atoms with Crippen LogP contribution < -0.4 is 9.62 Å². The zero-order valence-corrected chi connectivity index (χ0v) is 15.4. The van der Waals surface area contributed by atoms with Crippen LogP contribution in [0.4, 0.5) is 24.5 Å². The second-order valence-corrected chi connectivity index (χ2v) is 8.24. The van der Waals surface area contributed by atoms with Crippen molar-refractivity contribution in [1.29, 1.82) is 0 Å². The number of carbonyl (C=O) groups excluding carboxylic acids is 1. The van der Waals surface area contributed by atoms with Crippen LogP contribution in [0.25, 0.3) is 6.08 Å². The second-order valence-electron chi connectivity index (χ2n) is 6.23. The summed E-state index contributed by atoms with van der Waals surface area (Å²) in [5.41, 5.74) is 0.713. The van der Waals surface area contributed by atoms with Gasteiger partial charge in [-0.15, -0.1) is 0 Å². The summed E-state index contributed by atoms with van der Waals surface area (Å²) >= 11 is 0. The van der Waals surface area contributed by atoms with Crippen LogP contribution in [-0.2, 0) is 21.0 Å². The number of hydrogen-bond donors (Lipinski definition) is 1. The first-order chi connectivity index (χ1) is 13.1. The van der Waals surface area contributed by atoms with Crippen molar-refractivity contribution in [2.75, 3.05) is 21.9 Å². The molecule has 0 spiro atoms. The minimum atomic E-state index is -4.43. The highest BCUT2D eigenvalue weighted by Gasteiger charge is 2.30. The number of alkyl halides is 3. The molecule has 1 saturated heterocycles. The average molecular weight is 410 g/mol. The van der Waals surface area contributed by atoms with E-state index in [4.69, 9.17) is 0 Å². The van der Waals surface area contributed by atoms with Gasteiger partial charge in [-0.25, -0.2) is 8.42 Å². The summed E-state index contributed by atoms with van der Waals surface area (Å²) in [6.07, 6.45) is -1.06. The SMILES string of the molecule is O=C(/C=C/c1ccc(N2CCCS2(=O)=O)cc1)Nc1ccc(C(F)(F)F)cc1. The van der Waals surface area contributed by atoms with Crippen LogP contribution >= 0.6 is 0 Å². The van der Waals surface area contributed by atoms with Crippen LogP contribution in [0.3, 0.4) is 0 Å². The third kappa shape index (κ3) is 4.72. The van der Waals surface area contributed by atoms with Crippen LogP contribution in [0.1, 0.15) is 17.5 Å². The van der Waals surface area contributed by atoms with Crippen molar-refractivity contribution in [2.24, 2.45) is 0 Å².